The Kier molecular flexibility index (Phi) is 4.42. The Morgan fingerprint density at radius 1 is 1.75 bits per heavy atom. The van der Waals surface area contributed by atoms with Gasteiger partial charge in [-0.3, -0.25) is 4.79 Å². The van der Waals surface area contributed by atoms with Crippen LogP contribution < -0.4 is 5.32 Å². The minimum atomic E-state index is 0.0947. The highest BCUT2D eigenvalue weighted by Gasteiger charge is 2.17. The number of amides is 1. The monoisotopic (exact) mass is 191 g/mol. The standard InChI is InChI=1S/C7H13NO3S/c1-10-5-11-2-6-3-12-4-7(9)8-6/h6H,2-5H2,1H3,(H,8,9). The molecule has 0 aromatic rings. The third-order valence-corrected chi connectivity index (χ3v) is 2.54. The number of rotatable bonds is 4. The highest BCUT2D eigenvalue weighted by Crippen LogP contribution is 2.08. The summed E-state index contributed by atoms with van der Waals surface area (Å²) >= 11 is 1.64. The van der Waals surface area contributed by atoms with Crippen LogP contribution >= 0.6 is 11.8 Å². The molecule has 70 valence electrons. The van der Waals surface area contributed by atoms with Gasteiger partial charge in [-0.05, 0) is 0 Å². The van der Waals surface area contributed by atoms with Crippen molar-refractivity contribution in [2.75, 3.05) is 32.0 Å². The van der Waals surface area contributed by atoms with Gasteiger partial charge in [-0.1, -0.05) is 0 Å². The summed E-state index contributed by atoms with van der Waals surface area (Å²) < 4.78 is 9.84. The molecule has 0 aromatic carbocycles. The molecule has 1 aliphatic heterocycles. The molecular weight excluding hydrogens is 178 g/mol. The second-order valence-corrected chi connectivity index (χ2v) is 3.59. The lowest BCUT2D eigenvalue weighted by Crippen LogP contribution is -2.44. The van der Waals surface area contributed by atoms with Gasteiger partial charge in [-0.15, -0.1) is 11.8 Å². The fraction of sp³-hybridized carbons (Fsp3) is 0.857. The van der Waals surface area contributed by atoms with Crippen molar-refractivity contribution >= 4 is 17.7 Å². The Labute approximate surface area is 76.0 Å². The van der Waals surface area contributed by atoms with Gasteiger partial charge in [0.25, 0.3) is 0 Å². The average molecular weight is 191 g/mol. The van der Waals surface area contributed by atoms with Gasteiger partial charge in [0.05, 0.1) is 18.4 Å². The van der Waals surface area contributed by atoms with Gasteiger partial charge in [0, 0.05) is 12.9 Å². The number of methoxy groups -OCH3 is 1. The van der Waals surface area contributed by atoms with E-state index in [1.807, 2.05) is 0 Å². The quantitative estimate of drug-likeness (QED) is 0.495. The molecule has 4 nitrogen and oxygen atoms in total. The number of ether oxygens (including phenoxy) is 2. The number of carbonyl (C=O) groups is 1. The minimum absolute atomic E-state index is 0.0947. The molecule has 0 aromatic heterocycles. The van der Waals surface area contributed by atoms with Crippen LogP contribution in [0.2, 0.25) is 0 Å². The van der Waals surface area contributed by atoms with E-state index in [2.05, 4.69) is 5.32 Å². The molecule has 1 rings (SSSR count). The zero-order valence-electron chi connectivity index (χ0n) is 7.04. The lowest BCUT2D eigenvalue weighted by atomic mass is 10.3. The molecule has 5 heteroatoms. The molecule has 1 heterocycles. The van der Waals surface area contributed by atoms with Crippen molar-refractivity contribution in [2.45, 2.75) is 6.04 Å². The Morgan fingerprint density at radius 3 is 3.25 bits per heavy atom. The highest BCUT2D eigenvalue weighted by atomic mass is 32.2. The molecule has 1 fully saturated rings. The van der Waals surface area contributed by atoms with Crippen molar-refractivity contribution in [3.63, 3.8) is 0 Å². The van der Waals surface area contributed by atoms with Gasteiger partial charge < -0.3 is 14.8 Å². The fourth-order valence-electron chi connectivity index (χ4n) is 0.968. The van der Waals surface area contributed by atoms with Crippen LogP contribution in [0.5, 0.6) is 0 Å². The molecule has 12 heavy (non-hydrogen) atoms. The van der Waals surface area contributed by atoms with Crippen LogP contribution in [0.4, 0.5) is 0 Å². The van der Waals surface area contributed by atoms with Gasteiger partial charge in [-0.25, -0.2) is 0 Å². The van der Waals surface area contributed by atoms with Crippen LogP contribution in [0.15, 0.2) is 0 Å². The normalized spacial score (nSPS) is 23.8. The molecule has 0 aliphatic carbocycles. The van der Waals surface area contributed by atoms with E-state index in [0.717, 1.165) is 5.75 Å². The molecular formula is C7H13NO3S. The van der Waals surface area contributed by atoms with Gasteiger partial charge in [0.2, 0.25) is 5.91 Å². The number of thioether (sulfide) groups is 1. The summed E-state index contributed by atoms with van der Waals surface area (Å²) in [6.45, 7) is 0.823. The minimum Gasteiger partial charge on any atom is -0.359 e. The zero-order valence-corrected chi connectivity index (χ0v) is 7.86. The molecule has 0 radical (unpaired) electrons. The summed E-state index contributed by atoms with van der Waals surface area (Å²) in [6.07, 6.45) is 0. The topological polar surface area (TPSA) is 47.6 Å². The van der Waals surface area contributed by atoms with E-state index in [1.54, 1.807) is 18.9 Å². The molecule has 1 atom stereocenters. The first-order chi connectivity index (χ1) is 5.83. The number of hydrogen-bond donors (Lipinski definition) is 1. The number of carbonyl (C=O) groups excluding carboxylic acids is 1. The van der Waals surface area contributed by atoms with Crippen molar-refractivity contribution in [3.05, 3.63) is 0 Å². The Bertz CT molecular complexity index is 154. The number of hydrogen-bond acceptors (Lipinski definition) is 4. The van der Waals surface area contributed by atoms with Gasteiger partial charge in [0.15, 0.2) is 0 Å². The molecule has 1 saturated heterocycles. The predicted molar refractivity (Wildman–Crippen MR) is 47.1 cm³/mol. The lowest BCUT2D eigenvalue weighted by molar-refractivity contribution is -0.120. The van der Waals surface area contributed by atoms with Crippen LogP contribution in [-0.2, 0) is 14.3 Å². The largest absolute Gasteiger partial charge is 0.359 e. The van der Waals surface area contributed by atoms with Crippen LogP contribution in [0.25, 0.3) is 0 Å². The second-order valence-electron chi connectivity index (χ2n) is 2.56. The van der Waals surface area contributed by atoms with Crippen molar-refractivity contribution in [1.29, 1.82) is 0 Å². The molecule has 1 amide bonds. The zero-order chi connectivity index (χ0) is 8.81. The van der Waals surface area contributed by atoms with Crippen LogP contribution in [0, 0.1) is 0 Å². The maximum atomic E-state index is 10.9. The lowest BCUT2D eigenvalue weighted by Gasteiger charge is -2.22. The maximum Gasteiger partial charge on any atom is 0.230 e. The summed E-state index contributed by atoms with van der Waals surface area (Å²) in [5, 5.41) is 2.83. The third kappa shape index (κ3) is 3.42. The Morgan fingerprint density at radius 2 is 2.58 bits per heavy atom. The van der Waals surface area contributed by atoms with E-state index in [9.17, 15) is 4.79 Å². The summed E-state index contributed by atoms with van der Waals surface area (Å²) in [5.41, 5.74) is 0. The van der Waals surface area contributed by atoms with Crippen molar-refractivity contribution in [1.82, 2.24) is 5.32 Å². The van der Waals surface area contributed by atoms with Gasteiger partial charge in [0.1, 0.15) is 6.79 Å². The molecule has 1 N–H and O–H groups in total. The Hall–Kier alpha value is -0.260. The molecule has 1 aliphatic rings. The summed E-state index contributed by atoms with van der Waals surface area (Å²) in [6, 6.07) is 0.145. The van der Waals surface area contributed by atoms with E-state index in [0.29, 0.717) is 12.4 Å². The fourth-order valence-corrected chi connectivity index (χ4v) is 1.82. The van der Waals surface area contributed by atoms with Crippen LogP contribution in [-0.4, -0.2) is 44.0 Å². The van der Waals surface area contributed by atoms with Crippen molar-refractivity contribution in [3.8, 4) is 0 Å². The average Bonchev–Trinajstić information content (AvgIpc) is 2.05. The van der Waals surface area contributed by atoms with E-state index < -0.39 is 0 Å². The Balaban J connectivity index is 2.10. The summed E-state index contributed by atoms with van der Waals surface area (Å²) in [7, 11) is 1.58. The first-order valence-electron chi connectivity index (χ1n) is 3.76. The third-order valence-electron chi connectivity index (χ3n) is 1.44. The van der Waals surface area contributed by atoms with E-state index in [1.165, 1.54) is 0 Å². The van der Waals surface area contributed by atoms with E-state index in [4.69, 9.17) is 9.47 Å². The van der Waals surface area contributed by atoms with Crippen LogP contribution in [0.3, 0.4) is 0 Å². The van der Waals surface area contributed by atoms with E-state index in [-0.39, 0.29) is 18.7 Å². The molecule has 1 unspecified atom stereocenters. The molecule has 0 saturated carbocycles. The second kappa shape index (κ2) is 5.40. The maximum absolute atomic E-state index is 10.9. The van der Waals surface area contributed by atoms with Crippen LogP contribution in [0.1, 0.15) is 0 Å². The number of nitrogens with one attached hydrogen (secondary N) is 1. The molecule has 0 spiro atoms. The van der Waals surface area contributed by atoms with Crippen molar-refractivity contribution < 1.29 is 14.3 Å². The predicted octanol–water partition coefficient (Wildman–Crippen LogP) is -0.161. The molecule has 0 bridgehead atoms. The SMILES string of the molecule is COCOCC1CSCC(=O)N1. The highest BCUT2D eigenvalue weighted by molar-refractivity contribution is 8.00. The van der Waals surface area contributed by atoms with E-state index >= 15 is 0 Å². The summed E-state index contributed by atoms with van der Waals surface area (Å²) in [4.78, 5) is 10.9. The smallest absolute Gasteiger partial charge is 0.230 e. The van der Waals surface area contributed by atoms with Crippen molar-refractivity contribution in [2.24, 2.45) is 0 Å². The first kappa shape index (κ1) is 9.83. The van der Waals surface area contributed by atoms with Gasteiger partial charge >= 0.3 is 0 Å². The summed E-state index contributed by atoms with van der Waals surface area (Å²) in [5.74, 6) is 1.59. The first-order valence-corrected chi connectivity index (χ1v) is 4.92. The van der Waals surface area contributed by atoms with Gasteiger partial charge in [-0.2, -0.15) is 0 Å².